The Morgan fingerprint density at radius 1 is 1.00 bits per heavy atom. The Morgan fingerprint density at radius 3 is 2.72 bits per heavy atom. The third-order valence-electron chi connectivity index (χ3n) is 4.78. The van der Waals surface area contributed by atoms with E-state index in [2.05, 4.69) is 4.98 Å². The second-order valence-corrected chi connectivity index (χ2v) is 6.28. The van der Waals surface area contributed by atoms with Gasteiger partial charge in [0.15, 0.2) is 0 Å². The van der Waals surface area contributed by atoms with E-state index in [0.717, 1.165) is 29.6 Å². The van der Waals surface area contributed by atoms with Gasteiger partial charge < -0.3 is 9.32 Å². The predicted molar refractivity (Wildman–Crippen MR) is 96.9 cm³/mol. The SMILES string of the molecule is O=C1CCCN1c1ccc2ncc3c(=O)c4ccccc4oc3c2c1. The van der Waals surface area contributed by atoms with Gasteiger partial charge in [-0.15, -0.1) is 0 Å². The van der Waals surface area contributed by atoms with E-state index in [1.54, 1.807) is 23.2 Å². The first-order chi connectivity index (χ1) is 12.2. The number of benzene rings is 2. The van der Waals surface area contributed by atoms with Gasteiger partial charge in [0.1, 0.15) is 11.2 Å². The normalized spacial score (nSPS) is 14.9. The number of hydrogen-bond donors (Lipinski definition) is 0. The van der Waals surface area contributed by atoms with Crippen molar-refractivity contribution >= 4 is 44.4 Å². The molecular formula is C20H14N2O3. The van der Waals surface area contributed by atoms with Crippen LogP contribution >= 0.6 is 0 Å². The monoisotopic (exact) mass is 330 g/mol. The summed E-state index contributed by atoms with van der Waals surface area (Å²) in [5.41, 5.74) is 2.53. The number of carbonyl (C=O) groups is 1. The van der Waals surface area contributed by atoms with Crippen LogP contribution in [0.5, 0.6) is 0 Å². The number of anilines is 1. The second kappa shape index (κ2) is 5.14. The molecule has 2 aromatic heterocycles. The molecule has 0 saturated carbocycles. The van der Waals surface area contributed by atoms with Gasteiger partial charge in [-0.05, 0) is 36.8 Å². The summed E-state index contributed by atoms with van der Waals surface area (Å²) in [7, 11) is 0. The van der Waals surface area contributed by atoms with Crippen molar-refractivity contribution in [1.82, 2.24) is 4.98 Å². The summed E-state index contributed by atoms with van der Waals surface area (Å²) in [6.07, 6.45) is 3.01. The molecular weight excluding hydrogens is 316 g/mol. The molecule has 0 aliphatic carbocycles. The van der Waals surface area contributed by atoms with Gasteiger partial charge >= 0.3 is 0 Å². The van der Waals surface area contributed by atoms with E-state index in [1.165, 1.54) is 0 Å². The van der Waals surface area contributed by atoms with Crippen LogP contribution in [0, 0.1) is 0 Å². The van der Waals surface area contributed by atoms with Crippen LogP contribution in [0.4, 0.5) is 5.69 Å². The van der Waals surface area contributed by atoms with Crippen molar-refractivity contribution in [2.45, 2.75) is 12.8 Å². The van der Waals surface area contributed by atoms with E-state index in [9.17, 15) is 9.59 Å². The first-order valence-corrected chi connectivity index (χ1v) is 8.27. The van der Waals surface area contributed by atoms with Crippen LogP contribution < -0.4 is 10.3 Å². The summed E-state index contributed by atoms with van der Waals surface area (Å²) in [4.78, 5) is 31.0. The molecule has 0 spiro atoms. The number of fused-ring (bicyclic) bond motifs is 4. The average Bonchev–Trinajstić information content (AvgIpc) is 3.07. The predicted octanol–water partition coefficient (Wildman–Crippen LogP) is 3.62. The zero-order valence-corrected chi connectivity index (χ0v) is 13.4. The van der Waals surface area contributed by atoms with Gasteiger partial charge in [0.25, 0.3) is 0 Å². The van der Waals surface area contributed by atoms with Crippen LogP contribution in [0.25, 0.3) is 32.8 Å². The summed E-state index contributed by atoms with van der Waals surface area (Å²) in [6.45, 7) is 0.718. The lowest BCUT2D eigenvalue weighted by Crippen LogP contribution is -2.23. The van der Waals surface area contributed by atoms with Crippen LogP contribution in [0.3, 0.4) is 0 Å². The number of aromatic nitrogens is 1. The van der Waals surface area contributed by atoms with Crippen molar-refractivity contribution < 1.29 is 9.21 Å². The fourth-order valence-corrected chi connectivity index (χ4v) is 3.52. The van der Waals surface area contributed by atoms with Crippen LogP contribution in [0.15, 0.2) is 57.9 Å². The third-order valence-corrected chi connectivity index (χ3v) is 4.78. The van der Waals surface area contributed by atoms with E-state index < -0.39 is 0 Å². The van der Waals surface area contributed by atoms with E-state index >= 15 is 0 Å². The van der Waals surface area contributed by atoms with E-state index in [4.69, 9.17) is 4.42 Å². The maximum Gasteiger partial charge on any atom is 0.227 e. The number of pyridine rings is 1. The van der Waals surface area contributed by atoms with Crippen molar-refractivity contribution in [3.63, 3.8) is 0 Å². The molecule has 0 unspecified atom stereocenters. The van der Waals surface area contributed by atoms with Crippen LogP contribution in [0.2, 0.25) is 0 Å². The summed E-state index contributed by atoms with van der Waals surface area (Å²) >= 11 is 0. The Morgan fingerprint density at radius 2 is 1.88 bits per heavy atom. The number of carbonyl (C=O) groups excluding carboxylic acids is 1. The minimum absolute atomic E-state index is 0.0890. The summed E-state index contributed by atoms with van der Waals surface area (Å²) < 4.78 is 6.04. The molecule has 0 atom stereocenters. The minimum Gasteiger partial charge on any atom is -0.455 e. The molecule has 25 heavy (non-hydrogen) atoms. The number of hydrogen-bond acceptors (Lipinski definition) is 4. The highest BCUT2D eigenvalue weighted by molar-refractivity contribution is 6.07. The number of rotatable bonds is 1. The van der Waals surface area contributed by atoms with Crippen molar-refractivity contribution in [1.29, 1.82) is 0 Å². The van der Waals surface area contributed by atoms with Gasteiger partial charge in [-0.25, -0.2) is 0 Å². The summed E-state index contributed by atoms with van der Waals surface area (Å²) in [5, 5.41) is 1.75. The molecule has 3 heterocycles. The lowest BCUT2D eigenvalue weighted by Gasteiger charge is -2.16. The highest BCUT2D eigenvalue weighted by Gasteiger charge is 2.22. The Kier molecular flexibility index (Phi) is 2.91. The Labute approximate surface area is 142 Å². The topological polar surface area (TPSA) is 63.4 Å². The highest BCUT2D eigenvalue weighted by Crippen LogP contribution is 2.30. The quantitative estimate of drug-likeness (QED) is 0.395. The van der Waals surface area contributed by atoms with Crippen molar-refractivity contribution in [3.8, 4) is 0 Å². The molecule has 1 aliphatic rings. The lowest BCUT2D eigenvalue weighted by molar-refractivity contribution is -0.117. The average molecular weight is 330 g/mol. The smallest absolute Gasteiger partial charge is 0.227 e. The standard InChI is InChI=1S/C20H14N2O3/c23-18-6-3-9-22(18)12-7-8-16-14(10-12)20-15(11-21-16)19(24)13-4-1-2-5-17(13)25-20/h1-2,4-5,7-8,10-11H,3,6,9H2. The van der Waals surface area contributed by atoms with Gasteiger partial charge in [0.05, 0.1) is 16.3 Å². The molecule has 5 rings (SSSR count). The first kappa shape index (κ1) is 14.2. The van der Waals surface area contributed by atoms with Gasteiger partial charge in [-0.1, -0.05) is 12.1 Å². The molecule has 4 aromatic rings. The molecule has 0 N–H and O–H groups in total. The Bertz CT molecular complexity index is 1230. The molecule has 1 aliphatic heterocycles. The molecule has 122 valence electrons. The Hall–Kier alpha value is -3.21. The number of nitrogens with zero attached hydrogens (tertiary/aromatic N) is 2. The van der Waals surface area contributed by atoms with Crippen LogP contribution in [0.1, 0.15) is 12.8 Å². The van der Waals surface area contributed by atoms with Gasteiger partial charge in [0, 0.05) is 30.2 Å². The van der Waals surface area contributed by atoms with E-state index in [-0.39, 0.29) is 11.3 Å². The van der Waals surface area contributed by atoms with Crippen LogP contribution in [-0.4, -0.2) is 17.4 Å². The lowest BCUT2D eigenvalue weighted by atomic mass is 10.1. The highest BCUT2D eigenvalue weighted by atomic mass is 16.3. The van der Waals surface area contributed by atoms with E-state index in [1.807, 2.05) is 30.3 Å². The number of amides is 1. The molecule has 0 bridgehead atoms. The van der Waals surface area contributed by atoms with Crippen molar-refractivity contribution in [2.75, 3.05) is 11.4 Å². The second-order valence-electron chi connectivity index (χ2n) is 6.28. The zero-order chi connectivity index (χ0) is 17.0. The third kappa shape index (κ3) is 2.05. The van der Waals surface area contributed by atoms with Gasteiger partial charge in [-0.2, -0.15) is 0 Å². The van der Waals surface area contributed by atoms with Gasteiger partial charge in [0.2, 0.25) is 11.3 Å². The summed E-state index contributed by atoms with van der Waals surface area (Å²) in [6, 6.07) is 12.9. The molecule has 1 saturated heterocycles. The molecule has 0 radical (unpaired) electrons. The van der Waals surface area contributed by atoms with E-state index in [0.29, 0.717) is 28.4 Å². The van der Waals surface area contributed by atoms with Gasteiger partial charge in [-0.3, -0.25) is 14.6 Å². The van der Waals surface area contributed by atoms with Crippen molar-refractivity contribution in [3.05, 3.63) is 58.9 Å². The molecule has 5 nitrogen and oxygen atoms in total. The Balaban J connectivity index is 1.86. The molecule has 5 heteroatoms. The molecule has 2 aromatic carbocycles. The fraction of sp³-hybridized carbons (Fsp3) is 0.150. The van der Waals surface area contributed by atoms with Crippen molar-refractivity contribution in [2.24, 2.45) is 0 Å². The zero-order valence-electron chi connectivity index (χ0n) is 13.4. The first-order valence-electron chi connectivity index (χ1n) is 8.27. The fourth-order valence-electron chi connectivity index (χ4n) is 3.52. The largest absolute Gasteiger partial charge is 0.455 e. The van der Waals surface area contributed by atoms with Crippen LogP contribution in [-0.2, 0) is 4.79 Å². The summed E-state index contributed by atoms with van der Waals surface area (Å²) in [5.74, 6) is 0.124. The maximum absolute atomic E-state index is 12.8. The molecule has 1 fully saturated rings. The maximum atomic E-state index is 12.8. The minimum atomic E-state index is -0.0890. The molecule has 1 amide bonds. The number of para-hydroxylation sites is 1.